The molecular weight excluding hydrogens is 394 g/mol. The Morgan fingerprint density at radius 2 is 1.87 bits per heavy atom. The normalized spacial score (nSPS) is 11.0. The van der Waals surface area contributed by atoms with Gasteiger partial charge in [-0.05, 0) is 12.1 Å². The molecule has 2 heterocycles. The van der Waals surface area contributed by atoms with E-state index in [0.29, 0.717) is 17.3 Å². The van der Waals surface area contributed by atoms with E-state index >= 15 is 0 Å². The van der Waals surface area contributed by atoms with Crippen LogP contribution < -0.4 is 10.9 Å². The number of halogens is 2. The molecule has 0 spiro atoms. The second kappa shape index (κ2) is 7.88. The maximum Gasteiger partial charge on any atom is 0.277 e. The molecule has 4 aromatic rings. The molecule has 1 amide bonds. The molecular formula is C21H16F2N4O3. The molecule has 9 heteroatoms. The standard InChI is InChI=1S/C21H16F2N4O3/c22-14-6-7-17(16(23)10-14)24-18(29)11-26-8-9-27-20(21(26)30)15(12-28)19(25-27)13-4-2-1-3-5-13/h1-10,28H,11-12H2,(H,24,29). The molecule has 0 bridgehead atoms. The first kappa shape index (κ1) is 19.5. The Hall–Kier alpha value is -3.85. The highest BCUT2D eigenvalue weighted by Crippen LogP contribution is 2.24. The van der Waals surface area contributed by atoms with E-state index in [9.17, 15) is 23.5 Å². The van der Waals surface area contributed by atoms with E-state index in [4.69, 9.17) is 0 Å². The van der Waals surface area contributed by atoms with Crippen LogP contribution in [0.5, 0.6) is 0 Å². The summed E-state index contributed by atoms with van der Waals surface area (Å²) in [5.74, 6) is -2.35. The lowest BCUT2D eigenvalue weighted by Gasteiger charge is -2.09. The van der Waals surface area contributed by atoms with E-state index in [1.165, 1.54) is 16.9 Å². The molecule has 0 saturated heterocycles. The highest BCUT2D eigenvalue weighted by molar-refractivity contribution is 5.90. The second-order valence-corrected chi connectivity index (χ2v) is 6.55. The van der Waals surface area contributed by atoms with E-state index in [1.54, 1.807) is 0 Å². The molecule has 0 aliphatic rings. The number of carbonyl (C=O) groups excluding carboxylic acids is 1. The van der Waals surface area contributed by atoms with Crippen molar-refractivity contribution in [1.82, 2.24) is 14.2 Å². The smallest absolute Gasteiger partial charge is 0.277 e. The summed E-state index contributed by atoms with van der Waals surface area (Å²) in [5.41, 5.74) is 0.949. The maximum atomic E-state index is 13.7. The summed E-state index contributed by atoms with van der Waals surface area (Å²) in [6.45, 7) is -0.817. The van der Waals surface area contributed by atoms with Gasteiger partial charge in [-0.1, -0.05) is 30.3 Å². The lowest BCUT2D eigenvalue weighted by Crippen LogP contribution is -2.28. The third-order valence-corrected chi connectivity index (χ3v) is 4.58. The predicted molar refractivity (Wildman–Crippen MR) is 106 cm³/mol. The summed E-state index contributed by atoms with van der Waals surface area (Å²) in [4.78, 5) is 25.2. The number of fused-ring (bicyclic) bond motifs is 1. The van der Waals surface area contributed by atoms with Gasteiger partial charge >= 0.3 is 0 Å². The van der Waals surface area contributed by atoms with Crippen LogP contribution >= 0.6 is 0 Å². The van der Waals surface area contributed by atoms with Gasteiger partial charge in [-0.15, -0.1) is 0 Å². The fourth-order valence-electron chi connectivity index (χ4n) is 3.19. The van der Waals surface area contributed by atoms with Gasteiger partial charge < -0.3 is 15.0 Å². The number of aliphatic hydroxyl groups is 1. The zero-order chi connectivity index (χ0) is 21.3. The topological polar surface area (TPSA) is 88.6 Å². The Kier molecular flexibility index (Phi) is 5.11. The van der Waals surface area contributed by atoms with Crippen LogP contribution in [0.2, 0.25) is 0 Å². The van der Waals surface area contributed by atoms with Crippen molar-refractivity contribution in [3.05, 3.63) is 88.5 Å². The van der Waals surface area contributed by atoms with E-state index in [1.807, 2.05) is 30.3 Å². The van der Waals surface area contributed by atoms with Gasteiger partial charge in [0.15, 0.2) is 0 Å². The first-order valence-electron chi connectivity index (χ1n) is 9.00. The summed E-state index contributed by atoms with van der Waals surface area (Å²) < 4.78 is 29.2. The number of rotatable bonds is 5. The van der Waals surface area contributed by atoms with Crippen molar-refractivity contribution in [2.45, 2.75) is 13.2 Å². The minimum absolute atomic E-state index is 0.139. The number of anilines is 1. The number of hydrogen-bond donors (Lipinski definition) is 2. The molecule has 0 saturated carbocycles. The summed E-state index contributed by atoms with van der Waals surface area (Å²) in [5, 5.41) is 16.5. The molecule has 2 aromatic carbocycles. The van der Waals surface area contributed by atoms with E-state index in [0.717, 1.165) is 22.3 Å². The van der Waals surface area contributed by atoms with Gasteiger partial charge in [-0.25, -0.2) is 13.3 Å². The lowest BCUT2D eigenvalue weighted by atomic mass is 10.1. The van der Waals surface area contributed by atoms with E-state index < -0.39 is 36.3 Å². The van der Waals surface area contributed by atoms with Crippen LogP contribution in [0, 0.1) is 11.6 Å². The molecule has 0 fully saturated rings. The maximum absolute atomic E-state index is 13.7. The van der Waals surface area contributed by atoms with Crippen molar-refractivity contribution < 1.29 is 18.7 Å². The van der Waals surface area contributed by atoms with Crippen LogP contribution in [0.25, 0.3) is 16.8 Å². The number of nitrogens with zero attached hydrogens (tertiary/aromatic N) is 3. The molecule has 152 valence electrons. The van der Waals surface area contributed by atoms with Crippen LogP contribution in [0.1, 0.15) is 5.56 Å². The third-order valence-electron chi connectivity index (χ3n) is 4.58. The second-order valence-electron chi connectivity index (χ2n) is 6.55. The average molecular weight is 410 g/mol. The third kappa shape index (κ3) is 3.58. The van der Waals surface area contributed by atoms with Gasteiger partial charge in [0.05, 0.1) is 18.0 Å². The van der Waals surface area contributed by atoms with Crippen molar-refractivity contribution in [3.63, 3.8) is 0 Å². The van der Waals surface area contributed by atoms with E-state index in [-0.39, 0.29) is 11.2 Å². The number of carbonyl (C=O) groups is 1. The molecule has 2 N–H and O–H groups in total. The molecule has 0 atom stereocenters. The largest absolute Gasteiger partial charge is 0.392 e. The Morgan fingerprint density at radius 1 is 1.10 bits per heavy atom. The Morgan fingerprint density at radius 3 is 2.57 bits per heavy atom. The highest BCUT2D eigenvalue weighted by Gasteiger charge is 2.18. The van der Waals surface area contributed by atoms with Gasteiger partial charge in [0.1, 0.15) is 23.7 Å². The predicted octanol–water partition coefficient (Wildman–Crippen LogP) is 2.57. The van der Waals surface area contributed by atoms with Gasteiger partial charge in [0.25, 0.3) is 5.56 Å². The zero-order valence-corrected chi connectivity index (χ0v) is 15.5. The number of aromatic nitrogens is 3. The number of hydrogen-bond acceptors (Lipinski definition) is 4. The summed E-state index contributed by atoms with van der Waals surface area (Å²) in [6, 6.07) is 11.9. The van der Waals surface area contributed by atoms with Gasteiger partial charge in [0.2, 0.25) is 5.91 Å². The van der Waals surface area contributed by atoms with Crippen LogP contribution in [0.3, 0.4) is 0 Å². The number of nitrogens with one attached hydrogen (secondary N) is 1. The fourth-order valence-corrected chi connectivity index (χ4v) is 3.19. The van der Waals surface area contributed by atoms with Gasteiger partial charge in [-0.2, -0.15) is 5.10 Å². The molecule has 30 heavy (non-hydrogen) atoms. The van der Waals surface area contributed by atoms with Crippen LogP contribution in [-0.4, -0.2) is 25.2 Å². The SMILES string of the molecule is O=C(Cn1ccn2nc(-c3ccccc3)c(CO)c2c1=O)Nc1ccc(F)cc1F. The zero-order valence-electron chi connectivity index (χ0n) is 15.5. The van der Waals surface area contributed by atoms with Crippen molar-refractivity contribution in [1.29, 1.82) is 0 Å². The van der Waals surface area contributed by atoms with Crippen LogP contribution in [0.4, 0.5) is 14.5 Å². The quantitative estimate of drug-likeness (QED) is 0.529. The highest BCUT2D eigenvalue weighted by atomic mass is 19.1. The minimum atomic E-state index is -0.919. The molecule has 0 radical (unpaired) electrons. The molecule has 0 unspecified atom stereocenters. The minimum Gasteiger partial charge on any atom is -0.392 e. The van der Waals surface area contributed by atoms with Crippen LogP contribution in [-0.2, 0) is 17.9 Å². The van der Waals surface area contributed by atoms with Gasteiger partial charge in [-0.3, -0.25) is 9.59 Å². The average Bonchev–Trinajstić information content (AvgIpc) is 3.12. The monoisotopic (exact) mass is 410 g/mol. The molecule has 0 aliphatic heterocycles. The number of amides is 1. The lowest BCUT2D eigenvalue weighted by molar-refractivity contribution is -0.116. The summed E-state index contributed by atoms with van der Waals surface area (Å²) >= 11 is 0. The first-order valence-corrected chi connectivity index (χ1v) is 9.00. The number of aliphatic hydroxyl groups excluding tert-OH is 1. The van der Waals surface area contributed by atoms with Crippen molar-refractivity contribution in [3.8, 4) is 11.3 Å². The fraction of sp³-hybridized carbons (Fsp3) is 0.0952. The molecule has 2 aromatic heterocycles. The summed E-state index contributed by atoms with van der Waals surface area (Å²) in [7, 11) is 0. The number of benzene rings is 2. The van der Waals surface area contributed by atoms with Crippen molar-refractivity contribution in [2.75, 3.05) is 5.32 Å². The van der Waals surface area contributed by atoms with Crippen LogP contribution in [0.15, 0.2) is 65.7 Å². The van der Waals surface area contributed by atoms with Crippen molar-refractivity contribution in [2.24, 2.45) is 0 Å². The Bertz CT molecular complexity index is 1300. The van der Waals surface area contributed by atoms with E-state index in [2.05, 4.69) is 10.4 Å². The summed E-state index contributed by atoms with van der Waals surface area (Å²) in [6.07, 6.45) is 2.87. The van der Waals surface area contributed by atoms with Gasteiger partial charge in [0, 0.05) is 29.6 Å². The van der Waals surface area contributed by atoms with Crippen molar-refractivity contribution >= 4 is 17.1 Å². The molecule has 0 aliphatic carbocycles. The molecule has 4 rings (SSSR count). The first-order chi connectivity index (χ1) is 14.5. The molecule has 7 nitrogen and oxygen atoms in total. The Balaban J connectivity index is 1.68. The Labute approximate surface area is 168 Å².